The van der Waals surface area contributed by atoms with E-state index >= 15 is 0 Å². The van der Waals surface area contributed by atoms with E-state index in [0.717, 1.165) is 22.2 Å². The third-order valence-corrected chi connectivity index (χ3v) is 6.94. The molecule has 0 saturated carbocycles. The van der Waals surface area contributed by atoms with Crippen LogP contribution >= 0.6 is 11.3 Å². The summed E-state index contributed by atoms with van der Waals surface area (Å²) in [6, 6.07) is 14.2. The third kappa shape index (κ3) is 5.98. The van der Waals surface area contributed by atoms with Crippen LogP contribution in [0.3, 0.4) is 0 Å². The van der Waals surface area contributed by atoms with Gasteiger partial charge in [0.05, 0.1) is 37.5 Å². The Balaban J connectivity index is 1.67. The minimum atomic E-state index is -0.529. The van der Waals surface area contributed by atoms with E-state index in [1.165, 1.54) is 46.6 Å². The van der Waals surface area contributed by atoms with Crippen molar-refractivity contribution < 1.29 is 28.2 Å². The molecule has 2 aromatic carbocycles. The highest BCUT2D eigenvalue weighted by molar-refractivity contribution is 7.12. The summed E-state index contributed by atoms with van der Waals surface area (Å²) in [7, 11) is 4.65. The van der Waals surface area contributed by atoms with Gasteiger partial charge in [-0.2, -0.15) is 5.10 Å². The van der Waals surface area contributed by atoms with Gasteiger partial charge in [-0.05, 0) is 47.8 Å². The third-order valence-electron chi connectivity index (χ3n) is 6.02. The molecule has 0 spiro atoms. The van der Waals surface area contributed by atoms with Gasteiger partial charge in [0.2, 0.25) is 0 Å². The maximum absolute atomic E-state index is 13.8. The molecule has 2 heterocycles. The first-order valence-corrected chi connectivity index (χ1v) is 12.5. The molecule has 3 aromatic rings. The fraction of sp³-hybridized carbons (Fsp3) is 0.296. The zero-order chi connectivity index (χ0) is 26.4. The Hall–Kier alpha value is -3.76. The Labute approximate surface area is 218 Å². The standard InChI is InChI=1S/C27H28FN3O5S/c1-34-12-11-30(27(33)18-6-4-7-19(28)14-18)17-26(32)31-23(16-22(29-31)25-8-5-13-37-25)21-15-20(35-2)9-10-24(21)36-3/h4-10,13-15,23H,11-12,16-17H2,1-3H3/t23-/m0/s1. The summed E-state index contributed by atoms with van der Waals surface area (Å²) in [4.78, 5) is 29.2. The summed E-state index contributed by atoms with van der Waals surface area (Å²) in [5.41, 5.74) is 1.66. The average Bonchev–Trinajstić information content (AvgIpc) is 3.60. The van der Waals surface area contributed by atoms with Gasteiger partial charge in [-0.1, -0.05) is 12.1 Å². The number of thiophene rings is 1. The van der Waals surface area contributed by atoms with E-state index in [2.05, 4.69) is 5.10 Å². The van der Waals surface area contributed by atoms with Gasteiger partial charge in [0.25, 0.3) is 11.8 Å². The number of nitrogens with zero attached hydrogens (tertiary/aromatic N) is 3. The van der Waals surface area contributed by atoms with Crippen molar-refractivity contribution in [3.63, 3.8) is 0 Å². The highest BCUT2D eigenvalue weighted by Gasteiger charge is 2.36. The number of halogens is 1. The maximum Gasteiger partial charge on any atom is 0.262 e. The first kappa shape index (κ1) is 26.3. The van der Waals surface area contributed by atoms with Gasteiger partial charge in [-0.3, -0.25) is 9.59 Å². The van der Waals surface area contributed by atoms with E-state index < -0.39 is 17.8 Å². The fourth-order valence-electron chi connectivity index (χ4n) is 4.17. The topological polar surface area (TPSA) is 80.7 Å². The predicted octanol–water partition coefficient (Wildman–Crippen LogP) is 4.37. The molecule has 0 bridgehead atoms. The quantitative estimate of drug-likeness (QED) is 0.393. The van der Waals surface area contributed by atoms with Crippen molar-refractivity contribution in [2.45, 2.75) is 12.5 Å². The minimum absolute atomic E-state index is 0.152. The van der Waals surface area contributed by atoms with Crippen LogP contribution in [0.25, 0.3) is 0 Å². The Bertz CT molecular complexity index is 1280. The highest BCUT2D eigenvalue weighted by Crippen LogP contribution is 2.39. The highest BCUT2D eigenvalue weighted by atomic mass is 32.1. The Morgan fingerprint density at radius 2 is 1.95 bits per heavy atom. The van der Waals surface area contributed by atoms with E-state index in [4.69, 9.17) is 14.2 Å². The van der Waals surface area contributed by atoms with Gasteiger partial charge in [-0.25, -0.2) is 9.40 Å². The number of carbonyl (C=O) groups is 2. The summed E-state index contributed by atoms with van der Waals surface area (Å²) in [5.74, 6) is -0.169. The number of hydrogen-bond acceptors (Lipinski definition) is 7. The van der Waals surface area contributed by atoms with Crippen LogP contribution in [0.1, 0.15) is 33.3 Å². The molecular formula is C27H28FN3O5S. The zero-order valence-corrected chi connectivity index (χ0v) is 21.7. The average molecular weight is 526 g/mol. The van der Waals surface area contributed by atoms with E-state index in [9.17, 15) is 14.0 Å². The van der Waals surface area contributed by atoms with E-state index in [1.54, 1.807) is 26.4 Å². The first-order valence-electron chi connectivity index (χ1n) is 11.6. The number of methoxy groups -OCH3 is 3. The van der Waals surface area contributed by atoms with Gasteiger partial charge in [0.15, 0.2) is 0 Å². The molecule has 1 atom stereocenters. The van der Waals surface area contributed by atoms with Gasteiger partial charge in [0.1, 0.15) is 23.9 Å². The fourth-order valence-corrected chi connectivity index (χ4v) is 4.89. The number of ether oxygens (including phenoxy) is 3. The number of carbonyl (C=O) groups excluding carboxylic acids is 2. The van der Waals surface area contributed by atoms with Crippen molar-refractivity contribution in [3.8, 4) is 11.5 Å². The normalized spacial score (nSPS) is 14.9. The van der Waals surface area contributed by atoms with Crippen LogP contribution < -0.4 is 9.47 Å². The van der Waals surface area contributed by atoms with E-state index in [1.807, 2.05) is 23.6 Å². The number of rotatable bonds is 10. The minimum Gasteiger partial charge on any atom is -0.497 e. The summed E-state index contributed by atoms with van der Waals surface area (Å²) < 4.78 is 30.0. The number of hydrogen-bond donors (Lipinski definition) is 0. The molecule has 1 aromatic heterocycles. The lowest BCUT2D eigenvalue weighted by Crippen LogP contribution is -2.42. The molecule has 2 amide bonds. The number of amides is 2. The molecule has 194 valence electrons. The smallest absolute Gasteiger partial charge is 0.262 e. The second-order valence-corrected chi connectivity index (χ2v) is 9.27. The maximum atomic E-state index is 13.8. The van der Waals surface area contributed by atoms with Gasteiger partial charge in [-0.15, -0.1) is 11.3 Å². The Morgan fingerprint density at radius 1 is 1.11 bits per heavy atom. The molecule has 0 aliphatic carbocycles. The molecule has 0 saturated heterocycles. The molecule has 37 heavy (non-hydrogen) atoms. The summed E-state index contributed by atoms with van der Waals surface area (Å²) in [6.45, 7) is 0.105. The van der Waals surface area contributed by atoms with Crippen molar-refractivity contribution in [2.75, 3.05) is 41.0 Å². The molecule has 4 rings (SSSR count). The summed E-state index contributed by atoms with van der Waals surface area (Å²) in [5, 5.41) is 8.04. The molecule has 8 nitrogen and oxygen atoms in total. The largest absolute Gasteiger partial charge is 0.497 e. The molecule has 0 fully saturated rings. The lowest BCUT2D eigenvalue weighted by molar-refractivity contribution is -0.133. The lowest BCUT2D eigenvalue weighted by atomic mass is 9.99. The van der Waals surface area contributed by atoms with Crippen LogP contribution in [0.2, 0.25) is 0 Å². The van der Waals surface area contributed by atoms with Gasteiger partial charge < -0.3 is 19.1 Å². The van der Waals surface area contributed by atoms with Crippen molar-refractivity contribution in [1.29, 1.82) is 0 Å². The van der Waals surface area contributed by atoms with Crippen molar-refractivity contribution >= 4 is 28.9 Å². The summed E-state index contributed by atoms with van der Waals surface area (Å²) >= 11 is 1.54. The van der Waals surface area contributed by atoms with Crippen LogP contribution in [0, 0.1) is 5.82 Å². The van der Waals surface area contributed by atoms with Crippen LogP contribution in [-0.2, 0) is 9.53 Å². The van der Waals surface area contributed by atoms with Crippen molar-refractivity contribution in [1.82, 2.24) is 9.91 Å². The van der Waals surface area contributed by atoms with Crippen molar-refractivity contribution in [3.05, 3.63) is 81.8 Å². The van der Waals surface area contributed by atoms with Gasteiger partial charge in [0, 0.05) is 31.2 Å². The van der Waals surface area contributed by atoms with Crippen LogP contribution in [0.15, 0.2) is 65.1 Å². The molecule has 0 radical (unpaired) electrons. The van der Waals surface area contributed by atoms with E-state index in [0.29, 0.717) is 17.9 Å². The van der Waals surface area contributed by atoms with E-state index in [-0.39, 0.29) is 31.2 Å². The number of hydrazone groups is 1. The van der Waals surface area contributed by atoms with Gasteiger partial charge >= 0.3 is 0 Å². The van der Waals surface area contributed by atoms with Crippen LogP contribution in [0.4, 0.5) is 4.39 Å². The number of benzene rings is 2. The van der Waals surface area contributed by atoms with Crippen LogP contribution in [-0.4, -0.2) is 68.5 Å². The molecule has 1 aliphatic heterocycles. The molecule has 0 unspecified atom stereocenters. The molecular weight excluding hydrogens is 497 g/mol. The zero-order valence-electron chi connectivity index (χ0n) is 20.8. The monoisotopic (exact) mass is 525 g/mol. The second kappa shape index (κ2) is 12.0. The lowest BCUT2D eigenvalue weighted by Gasteiger charge is -2.28. The first-order chi connectivity index (χ1) is 17.9. The molecule has 10 heteroatoms. The second-order valence-electron chi connectivity index (χ2n) is 8.32. The molecule has 0 N–H and O–H groups in total. The Morgan fingerprint density at radius 3 is 2.62 bits per heavy atom. The van der Waals surface area contributed by atoms with Crippen molar-refractivity contribution in [2.24, 2.45) is 5.10 Å². The SMILES string of the molecule is COCCN(CC(=O)N1N=C(c2cccs2)C[C@H]1c1cc(OC)ccc1OC)C(=O)c1cccc(F)c1. The molecule has 1 aliphatic rings. The predicted molar refractivity (Wildman–Crippen MR) is 139 cm³/mol. The Kier molecular flexibility index (Phi) is 8.52. The summed E-state index contributed by atoms with van der Waals surface area (Å²) in [6.07, 6.45) is 0.464. The van der Waals surface area contributed by atoms with Crippen LogP contribution in [0.5, 0.6) is 11.5 Å².